The minimum Gasteiger partial charge on any atom is -0.461 e. The van der Waals surface area contributed by atoms with Gasteiger partial charge in [0, 0.05) is 6.04 Å². The van der Waals surface area contributed by atoms with Crippen molar-refractivity contribution in [3.05, 3.63) is 71.8 Å². The van der Waals surface area contributed by atoms with E-state index < -0.39 is 30.7 Å². The maximum absolute atomic E-state index is 12.2. The van der Waals surface area contributed by atoms with Gasteiger partial charge in [0.05, 0.1) is 6.42 Å². The summed E-state index contributed by atoms with van der Waals surface area (Å²) in [5.41, 5.74) is 7.27. The second-order valence-corrected chi connectivity index (χ2v) is 6.19. The Morgan fingerprint density at radius 1 is 0.897 bits per heavy atom. The molecule has 0 saturated heterocycles. The van der Waals surface area contributed by atoms with Crippen LogP contribution in [-0.2, 0) is 16.1 Å². The monoisotopic (exact) mass is 421 g/mol. The number of halogens is 6. The van der Waals surface area contributed by atoms with Crippen molar-refractivity contribution < 1.29 is 35.9 Å². The molecule has 0 unspecified atom stereocenters. The van der Waals surface area contributed by atoms with Gasteiger partial charge in [0.15, 0.2) is 5.92 Å². The SMILES string of the molecule is C[C@H](N)c1ccccc1.O=C(CC(C(F)(F)F)C(F)(F)F)OCc1ccccc1. The number of rotatable bonds is 5. The fraction of sp³-hybridized carbons (Fsp3) is 0.350. The molecule has 0 saturated carbocycles. The van der Waals surface area contributed by atoms with E-state index in [1.54, 1.807) is 18.2 Å². The average Bonchev–Trinajstić information content (AvgIpc) is 2.65. The van der Waals surface area contributed by atoms with E-state index in [1.807, 2.05) is 37.3 Å². The summed E-state index contributed by atoms with van der Waals surface area (Å²) >= 11 is 0. The van der Waals surface area contributed by atoms with Crippen LogP contribution < -0.4 is 5.73 Å². The number of hydrogen-bond donors (Lipinski definition) is 1. The van der Waals surface area contributed by atoms with Gasteiger partial charge in [0.2, 0.25) is 0 Å². The molecule has 0 aromatic heterocycles. The molecule has 3 nitrogen and oxygen atoms in total. The molecule has 0 fully saturated rings. The van der Waals surface area contributed by atoms with E-state index in [9.17, 15) is 31.1 Å². The lowest BCUT2D eigenvalue weighted by atomic mass is 10.1. The van der Waals surface area contributed by atoms with Gasteiger partial charge in [0.1, 0.15) is 6.61 Å². The lowest BCUT2D eigenvalue weighted by Gasteiger charge is -2.21. The molecule has 2 rings (SSSR count). The lowest BCUT2D eigenvalue weighted by Crippen LogP contribution is -2.38. The van der Waals surface area contributed by atoms with E-state index in [1.165, 1.54) is 17.7 Å². The first-order valence-corrected chi connectivity index (χ1v) is 8.54. The molecule has 160 valence electrons. The van der Waals surface area contributed by atoms with Crippen LogP contribution in [0.25, 0.3) is 0 Å². The molecule has 0 amide bonds. The number of carbonyl (C=O) groups is 1. The van der Waals surface area contributed by atoms with Crippen molar-refractivity contribution in [3.63, 3.8) is 0 Å². The van der Waals surface area contributed by atoms with Gasteiger partial charge in [-0.3, -0.25) is 4.79 Å². The number of nitrogens with two attached hydrogens (primary N) is 1. The third-order valence-corrected chi connectivity index (χ3v) is 3.73. The van der Waals surface area contributed by atoms with Gasteiger partial charge in [-0.05, 0) is 18.1 Å². The molecule has 2 aromatic carbocycles. The maximum atomic E-state index is 12.2. The number of esters is 1. The molecule has 1 atom stereocenters. The standard InChI is InChI=1S/C12H10F6O2.C8H11N/c13-11(14,15)9(12(16,17)18)6-10(19)20-7-8-4-2-1-3-5-8;1-7(9)8-5-3-2-4-6-8/h1-5,9H,6-7H2;2-7H,9H2,1H3/t;7-/m.0/s1. The van der Waals surface area contributed by atoms with E-state index in [0.29, 0.717) is 5.56 Å². The lowest BCUT2D eigenvalue weighted by molar-refractivity contribution is -0.285. The summed E-state index contributed by atoms with van der Waals surface area (Å²) in [6.07, 6.45) is -12.9. The third kappa shape index (κ3) is 9.47. The van der Waals surface area contributed by atoms with Crippen LogP contribution in [0.5, 0.6) is 0 Å². The fourth-order valence-electron chi connectivity index (χ4n) is 2.14. The van der Waals surface area contributed by atoms with Crippen molar-refractivity contribution in [2.75, 3.05) is 0 Å². The zero-order valence-electron chi connectivity index (χ0n) is 15.5. The van der Waals surface area contributed by atoms with Gasteiger partial charge in [-0.25, -0.2) is 0 Å². The molecule has 0 spiro atoms. The molecule has 9 heteroatoms. The van der Waals surface area contributed by atoms with Crippen molar-refractivity contribution in [2.45, 2.75) is 38.3 Å². The van der Waals surface area contributed by atoms with Crippen LogP contribution in [0, 0.1) is 5.92 Å². The van der Waals surface area contributed by atoms with Crippen LogP contribution in [0.3, 0.4) is 0 Å². The first kappa shape index (κ1) is 24.5. The first-order chi connectivity index (χ1) is 13.4. The Kier molecular flexibility index (Phi) is 9.16. The predicted molar refractivity (Wildman–Crippen MR) is 95.5 cm³/mol. The molecule has 0 bridgehead atoms. The second-order valence-electron chi connectivity index (χ2n) is 6.19. The van der Waals surface area contributed by atoms with Crippen molar-refractivity contribution in [1.29, 1.82) is 0 Å². The van der Waals surface area contributed by atoms with Crippen LogP contribution in [-0.4, -0.2) is 18.3 Å². The smallest absolute Gasteiger partial charge is 0.401 e. The number of benzene rings is 2. The minimum atomic E-state index is -5.54. The van der Waals surface area contributed by atoms with Crippen LogP contribution in [0.4, 0.5) is 26.3 Å². The summed E-state index contributed by atoms with van der Waals surface area (Å²) in [4.78, 5) is 11.1. The zero-order chi connectivity index (χ0) is 22.1. The number of carbonyl (C=O) groups excluding carboxylic acids is 1. The van der Waals surface area contributed by atoms with Gasteiger partial charge in [0.25, 0.3) is 0 Å². The van der Waals surface area contributed by atoms with Crippen molar-refractivity contribution >= 4 is 5.97 Å². The highest BCUT2D eigenvalue weighted by molar-refractivity contribution is 5.70. The Bertz CT molecular complexity index is 716. The van der Waals surface area contributed by atoms with Crippen molar-refractivity contribution in [1.82, 2.24) is 0 Å². The second kappa shape index (κ2) is 10.8. The molecule has 0 aliphatic rings. The van der Waals surface area contributed by atoms with Gasteiger partial charge >= 0.3 is 18.3 Å². The topological polar surface area (TPSA) is 52.3 Å². The Morgan fingerprint density at radius 2 is 1.34 bits per heavy atom. The van der Waals surface area contributed by atoms with Crippen molar-refractivity contribution in [3.8, 4) is 0 Å². The molecule has 2 N–H and O–H groups in total. The van der Waals surface area contributed by atoms with E-state index in [0.717, 1.165) is 0 Å². The number of alkyl halides is 6. The molecule has 0 radical (unpaired) electrons. The van der Waals surface area contributed by atoms with Crippen molar-refractivity contribution in [2.24, 2.45) is 11.7 Å². The van der Waals surface area contributed by atoms with Crippen LogP contribution in [0.1, 0.15) is 30.5 Å². The highest BCUT2D eigenvalue weighted by atomic mass is 19.4. The number of ether oxygens (including phenoxy) is 1. The van der Waals surface area contributed by atoms with E-state index in [2.05, 4.69) is 4.74 Å². The first-order valence-electron chi connectivity index (χ1n) is 8.54. The average molecular weight is 421 g/mol. The molecular formula is C20H21F6NO2. The molecule has 0 aliphatic heterocycles. The summed E-state index contributed by atoms with van der Waals surface area (Å²) in [6.45, 7) is 1.61. The normalized spacial score (nSPS) is 12.7. The van der Waals surface area contributed by atoms with E-state index >= 15 is 0 Å². The molecule has 0 heterocycles. The summed E-state index contributed by atoms with van der Waals surface area (Å²) in [5.74, 6) is -5.26. The molecule has 29 heavy (non-hydrogen) atoms. The van der Waals surface area contributed by atoms with Gasteiger partial charge in [-0.15, -0.1) is 0 Å². The Hall–Kier alpha value is -2.55. The third-order valence-electron chi connectivity index (χ3n) is 3.73. The quantitative estimate of drug-likeness (QED) is 0.508. The van der Waals surface area contributed by atoms with Crippen LogP contribution >= 0.6 is 0 Å². The van der Waals surface area contributed by atoms with Gasteiger partial charge in [-0.2, -0.15) is 26.3 Å². The predicted octanol–water partition coefficient (Wildman–Crippen LogP) is 5.57. The highest BCUT2D eigenvalue weighted by Crippen LogP contribution is 2.41. The largest absolute Gasteiger partial charge is 0.461 e. The Morgan fingerprint density at radius 3 is 1.72 bits per heavy atom. The molecule has 0 aliphatic carbocycles. The van der Waals surface area contributed by atoms with Crippen LogP contribution in [0.15, 0.2) is 60.7 Å². The van der Waals surface area contributed by atoms with Gasteiger partial charge in [-0.1, -0.05) is 60.7 Å². The summed E-state index contributed by atoms with van der Waals surface area (Å²) in [6, 6.07) is 18.1. The maximum Gasteiger partial charge on any atom is 0.401 e. The Labute approximate surface area is 164 Å². The summed E-state index contributed by atoms with van der Waals surface area (Å²) in [5, 5.41) is 0. The fourth-order valence-corrected chi connectivity index (χ4v) is 2.14. The zero-order valence-corrected chi connectivity index (χ0v) is 15.5. The molecular weight excluding hydrogens is 400 g/mol. The van der Waals surface area contributed by atoms with Crippen LogP contribution in [0.2, 0.25) is 0 Å². The van der Waals surface area contributed by atoms with E-state index in [-0.39, 0.29) is 12.6 Å². The van der Waals surface area contributed by atoms with E-state index in [4.69, 9.17) is 5.73 Å². The minimum absolute atomic E-state index is 0.159. The molecule has 2 aromatic rings. The van der Waals surface area contributed by atoms with Gasteiger partial charge < -0.3 is 10.5 Å². The highest BCUT2D eigenvalue weighted by Gasteiger charge is 2.57. The summed E-state index contributed by atoms with van der Waals surface area (Å²) in [7, 11) is 0. The Balaban J connectivity index is 0.000000387. The number of hydrogen-bond acceptors (Lipinski definition) is 3. The summed E-state index contributed by atoms with van der Waals surface area (Å²) < 4.78 is 77.7.